The highest BCUT2D eigenvalue weighted by molar-refractivity contribution is 6.36. The van der Waals surface area contributed by atoms with Gasteiger partial charge < -0.3 is 4.74 Å². The fourth-order valence-electron chi connectivity index (χ4n) is 4.71. The van der Waals surface area contributed by atoms with Gasteiger partial charge in [0.2, 0.25) is 0 Å². The van der Waals surface area contributed by atoms with Gasteiger partial charge in [0.25, 0.3) is 0 Å². The van der Waals surface area contributed by atoms with Crippen LogP contribution in [0.3, 0.4) is 0 Å². The van der Waals surface area contributed by atoms with Crippen LogP contribution in [0.1, 0.15) is 16.7 Å². The van der Waals surface area contributed by atoms with Crippen molar-refractivity contribution in [3.05, 3.63) is 129 Å². The van der Waals surface area contributed by atoms with Gasteiger partial charge in [-0.3, -0.25) is 0 Å². The molecule has 10 heteroatoms. The van der Waals surface area contributed by atoms with Crippen LogP contribution in [-0.4, -0.2) is 14.8 Å². The summed E-state index contributed by atoms with van der Waals surface area (Å²) in [6, 6.07) is 26.7. The molecule has 0 unspecified atom stereocenters. The highest BCUT2D eigenvalue weighted by atomic mass is 35.5. The third-order valence-corrected chi connectivity index (χ3v) is 7.89. The minimum atomic E-state index is -4.68. The van der Waals surface area contributed by atoms with E-state index in [0.29, 0.717) is 43.2 Å². The lowest BCUT2D eigenvalue weighted by Crippen LogP contribution is -2.08. The number of aromatic nitrogens is 3. The van der Waals surface area contributed by atoms with E-state index in [0.717, 1.165) is 11.6 Å². The number of hydrogen-bond acceptors (Lipinski definition) is 3. The fraction of sp³-hybridized carbons (Fsp3) is 0.0909. The lowest BCUT2D eigenvalue weighted by Gasteiger charge is -2.13. The number of alkyl halides is 3. The maximum atomic E-state index is 14.7. The Morgan fingerprint density at radius 2 is 1.42 bits per heavy atom. The van der Waals surface area contributed by atoms with Gasteiger partial charge in [0.05, 0.1) is 22.3 Å². The summed E-state index contributed by atoms with van der Waals surface area (Å²) in [5.74, 6) is 0.492. The van der Waals surface area contributed by atoms with Gasteiger partial charge >= 0.3 is 6.18 Å². The summed E-state index contributed by atoms with van der Waals surface area (Å²) in [7, 11) is 0. The normalized spacial score (nSPS) is 11.7. The van der Waals surface area contributed by atoms with Crippen LogP contribution < -0.4 is 4.74 Å². The van der Waals surface area contributed by atoms with Crippen LogP contribution in [0.4, 0.5) is 13.2 Å². The molecule has 0 aliphatic carbocycles. The third-order valence-electron chi connectivity index (χ3n) is 6.93. The second-order valence-corrected chi connectivity index (χ2v) is 11.1. The molecule has 216 valence electrons. The number of pyridine rings is 1. The summed E-state index contributed by atoms with van der Waals surface area (Å²) in [5.41, 5.74) is 2.70. The number of aryl methyl sites for hydroxylation is 1. The van der Waals surface area contributed by atoms with Gasteiger partial charge in [-0.25, -0.2) is 9.67 Å². The van der Waals surface area contributed by atoms with E-state index in [4.69, 9.17) is 44.5 Å². The topological polar surface area (TPSA) is 39.9 Å². The van der Waals surface area contributed by atoms with Gasteiger partial charge in [-0.2, -0.15) is 18.3 Å². The van der Waals surface area contributed by atoms with Crippen LogP contribution in [0.15, 0.2) is 97.1 Å². The number of fused-ring (bicyclic) bond motifs is 1. The molecule has 4 nitrogen and oxygen atoms in total. The van der Waals surface area contributed by atoms with Crippen LogP contribution in [0.5, 0.6) is 5.75 Å². The molecule has 0 saturated heterocycles. The molecule has 0 bridgehead atoms. The van der Waals surface area contributed by atoms with E-state index in [9.17, 15) is 13.2 Å². The van der Waals surface area contributed by atoms with E-state index in [2.05, 4.69) is 5.10 Å². The molecule has 0 radical (unpaired) electrons. The van der Waals surface area contributed by atoms with Crippen molar-refractivity contribution in [1.29, 1.82) is 0 Å². The van der Waals surface area contributed by atoms with Gasteiger partial charge in [0, 0.05) is 31.8 Å². The predicted octanol–water partition coefficient (Wildman–Crippen LogP) is 10.6. The zero-order chi connectivity index (χ0) is 30.3. The van der Waals surface area contributed by atoms with Gasteiger partial charge in [-0.05, 0) is 73.7 Å². The molecule has 0 fully saturated rings. The highest BCUT2D eigenvalue weighted by Gasteiger charge is 2.36. The molecule has 2 heterocycles. The zero-order valence-corrected chi connectivity index (χ0v) is 24.7. The Balaban J connectivity index is 1.47. The number of rotatable bonds is 6. The lowest BCUT2D eigenvalue weighted by molar-refractivity contribution is -0.136. The van der Waals surface area contributed by atoms with Gasteiger partial charge in [-0.1, -0.05) is 70.7 Å². The molecular weight excluding hydrogens is 618 g/mol. The van der Waals surface area contributed by atoms with E-state index >= 15 is 0 Å². The Morgan fingerprint density at radius 3 is 2.05 bits per heavy atom. The molecule has 0 spiro atoms. The first-order chi connectivity index (χ1) is 20.6. The monoisotopic (exact) mass is 637 g/mol. The van der Waals surface area contributed by atoms with Crippen molar-refractivity contribution < 1.29 is 17.9 Å². The lowest BCUT2D eigenvalue weighted by atomic mass is 10.0. The Hall–Kier alpha value is -4.04. The van der Waals surface area contributed by atoms with Gasteiger partial charge in [0.15, 0.2) is 5.65 Å². The van der Waals surface area contributed by atoms with Gasteiger partial charge in [0.1, 0.15) is 18.1 Å². The van der Waals surface area contributed by atoms with Crippen LogP contribution in [0.2, 0.25) is 15.1 Å². The molecule has 0 saturated carbocycles. The minimum Gasteiger partial charge on any atom is -0.489 e. The number of nitrogens with zero attached hydrogens (tertiary/aromatic N) is 3. The summed E-state index contributed by atoms with van der Waals surface area (Å²) in [6.45, 7) is 2.06. The maximum Gasteiger partial charge on any atom is 0.417 e. The van der Waals surface area contributed by atoms with E-state index in [1.807, 2.05) is 19.1 Å². The minimum absolute atomic E-state index is 0.0762. The van der Waals surface area contributed by atoms with Crippen LogP contribution in [0, 0.1) is 6.92 Å². The van der Waals surface area contributed by atoms with E-state index in [1.54, 1.807) is 78.9 Å². The van der Waals surface area contributed by atoms with Crippen molar-refractivity contribution in [1.82, 2.24) is 14.8 Å². The van der Waals surface area contributed by atoms with E-state index in [-0.39, 0.29) is 29.0 Å². The largest absolute Gasteiger partial charge is 0.489 e. The van der Waals surface area contributed by atoms with Crippen molar-refractivity contribution in [2.45, 2.75) is 19.7 Å². The first kappa shape index (κ1) is 29.1. The average Bonchev–Trinajstić information content (AvgIpc) is 3.36. The maximum absolute atomic E-state index is 14.7. The molecule has 43 heavy (non-hydrogen) atoms. The highest BCUT2D eigenvalue weighted by Crippen LogP contribution is 2.42. The van der Waals surface area contributed by atoms with Crippen LogP contribution in [0.25, 0.3) is 39.2 Å². The Labute approximate surface area is 260 Å². The Morgan fingerprint density at radius 1 is 0.791 bits per heavy atom. The quantitative estimate of drug-likeness (QED) is 0.182. The van der Waals surface area contributed by atoms with Crippen LogP contribution in [-0.2, 0) is 12.8 Å². The van der Waals surface area contributed by atoms with Crippen LogP contribution >= 0.6 is 34.8 Å². The molecule has 0 atom stereocenters. The molecule has 0 aliphatic rings. The average molecular weight is 639 g/mol. The van der Waals surface area contributed by atoms with E-state index < -0.39 is 11.7 Å². The predicted molar refractivity (Wildman–Crippen MR) is 165 cm³/mol. The second-order valence-electron chi connectivity index (χ2n) is 9.87. The molecule has 0 N–H and O–H groups in total. The van der Waals surface area contributed by atoms with Gasteiger partial charge in [-0.15, -0.1) is 0 Å². The number of hydrogen-bond donors (Lipinski definition) is 0. The van der Waals surface area contributed by atoms with Crippen molar-refractivity contribution in [3.8, 4) is 34.0 Å². The molecule has 4 aromatic carbocycles. The summed E-state index contributed by atoms with van der Waals surface area (Å²) < 4.78 is 51.4. The summed E-state index contributed by atoms with van der Waals surface area (Å²) >= 11 is 18.5. The summed E-state index contributed by atoms with van der Waals surface area (Å²) in [4.78, 5) is 4.73. The zero-order valence-electron chi connectivity index (χ0n) is 22.5. The standard InChI is InChI=1S/C33H21Cl3F3N3O/c1-19-5-13-23(14-6-19)42-32-30(31(41-42)21-7-11-22(34)12-8-21)26(33(37,38)39)17-29(40-32)20-9-15-24(16-10-20)43-18-25-27(35)3-2-4-28(25)36/h2-17H,18H2,1H3. The van der Waals surface area contributed by atoms with E-state index in [1.165, 1.54) is 4.68 Å². The first-order valence-corrected chi connectivity index (χ1v) is 14.2. The van der Waals surface area contributed by atoms with Crippen molar-refractivity contribution >= 4 is 45.8 Å². The number of ether oxygens (including phenoxy) is 1. The Bertz CT molecular complexity index is 1920. The molecule has 0 aliphatic heterocycles. The molecule has 2 aromatic heterocycles. The summed E-state index contributed by atoms with van der Waals surface area (Å²) in [6.07, 6.45) is -4.68. The second kappa shape index (κ2) is 11.6. The Kier molecular flexibility index (Phi) is 7.81. The third kappa shape index (κ3) is 5.93. The smallest absolute Gasteiger partial charge is 0.417 e. The van der Waals surface area contributed by atoms with Crippen molar-refractivity contribution in [2.24, 2.45) is 0 Å². The molecular formula is C33H21Cl3F3N3O. The van der Waals surface area contributed by atoms with Crippen molar-refractivity contribution in [2.75, 3.05) is 0 Å². The molecule has 6 rings (SSSR count). The fourth-order valence-corrected chi connectivity index (χ4v) is 5.34. The first-order valence-electron chi connectivity index (χ1n) is 13.1. The molecule has 6 aromatic rings. The number of halogens is 6. The molecule has 0 amide bonds. The number of benzene rings is 4. The van der Waals surface area contributed by atoms with Crippen molar-refractivity contribution in [3.63, 3.8) is 0 Å². The summed E-state index contributed by atoms with van der Waals surface area (Å²) in [5, 5.41) is 5.96. The SMILES string of the molecule is Cc1ccc(-n2nc(-c3ccc(Cl)cc3)c3c(C(F)(F)F)cc(-c4ccc(OCc5c(Cl)cccc5Cl)cc4)nc32)cc1.